The molecule has 1 aliphatic rings. The van der Waals surface area contributed by atoms with Crippen LogP contribution in [0.3, 0.4) is 0 Å². The van der Waals surface area contributed by atoms with Crippen molar-refractivity contribution in [3.8, 4) is 0 Å². The van der Waals surface area contributed by atoms with Gasteiger partial charge >= 0.3 is 0 Å². The molecule has 1 aliphatic carbocycles. The van der Waals surface area contributed by atoms with Crippen LogP contribution in [0.15, 0.2) is 22.7 Å². The third-order valence-corrected chi connectivity index (χ3v) is 5.27. The summed E-state index contributed by atoms with van der Waals surface area (Å²) in [4.78, 5) is 0. The zero-order chi connectivity index (χ0) is 13.8. The van der Waals surface area contributed by atoms with Gasteiger partial charge in [-0.3, -0.25) is 11.3 Å². The van der Waals surface area contributed by atoms with Crippen molar-refractivity contribution in [1.29, 1.82) is 0 Å². The Bertz CT molecular complexity index is 417. The van der Waals surface area contributed by atoms with Crippen molar-refractivity contribution in [3.63, 3.8) is 0 Å². The van der Waals surface area contributed by atoms with Crippen molar-refractivity contribution >= 4 is 15.9 Å². The van der Waals surface area contributed by atoms with E-state index in [4.69, 9.17) is 5.84 Å². The molecule has 19 heavy (non-hydrogen) atoms. The van der Waals surface area contributed by atoms with E-state index in [9.17, 15) is 4.39 Å². The van der Waals surface area contributed by atoms with Crippen LogP contribution < -0.4 is 11.3 Å². The van der Waals surface area contributed by atoms with Gasteiger partial charge in [0.05, 0.1) is 4.47 Å². The molecule has 2 nitrogen and oxygen atoms in total. The second-order valence-electron chi connectivity index (χ2n) is 5.48. The minimum Gasteiger partial charge on any atom is -0.271 e. The topological polar surface area (TPSA) is 38.0 Å². The monoisotopic (exact) mass is 328 g/mol. The number of hydrazine groups is 1. The van der Waals surface area contributed by atoms with Gasteiger partial charge in [0.15, 0.2) is 0 Å². The van der Waals surface area contributed by atoms with Gasteiger partial charge in [0.1, 0.15) is 5.82 Å². The Balaban J connectivity index is 2.14. The molecule has 1 fully saturated rings. The molecule has 106 valence electrons. The molecule has 0 bridgehead atoms. The van der Waals surface area contributed by atoms with Crippen LogP contribution in [0.2, 0.25) is 0 Å². The highest BCUT2D eigenvalue weighted by Crippen LogP contribution is 2.39. The summed E-state index contributed by atoms with van der Waals surface area (Å²) in [5.41, 5.74) is 3.83. The lowest BCUT2D eigenvalue weighted by atomic mass is 9.76. The summed E-state index contributed by atoms with van der Waals surface area (Å²) in [5, 5.41) is 0. The molecule has 0 heterocycles. The summed E-state index contributed by atoms with van der Waals surface area (Å²) in [7, 11) is 0. The average Bonchev–Trinajstić information content (AvgIpc) is 2.45. The molecule has 2 rings (SSSR count). The normalized spacial score (nSPS) is 25.3. The molecule has 0 saturated heterocycles. The highest BCUT2D eigenvalue weighted by molar-refractivity contribution is 9.10. The van der Waals surface area contributed by atoms with Gasteiger partial charge in [0, 0.05) is 6.04 Å². The van der Waals surface area contributed by atoms with E-state index in [0.717, 1.165) is 24.3 Å². The number of benzene rings is 1. The van der Waals surface area contributed by atoms with Crippen molar-refractivity contribution in [2.24, 2.45) is 17.7 Å². The molecule has 1 aromatic carbocycles. The zero-order valence-electron chi connectivity index (χ0n) is 11.3. The molecule has 1 unspecified atom stereocenters. The molecule has 1 aromatic rings. The maximum atomic E-state index is 13.6. The lowest BCUT2D eigenvalue weighted by molar-refractivity contribution is 0.219. The van der Waals surface area contributed by atoms with Crippen molar-refractivity contribution in [2.75, 3.05) is 0 Å². The van der Waals surface area contributed by atoms with Gasteiger partial charge in [-0.15, -0.1) is 0 Å². The minimum absolute atomic E-state index is 0.0304. The highest BCUT2D eigenvalue weighted by Gasteiger charge is 2.29. The minimum atomic E-state index is -0.222. The van der Waals surface area contributed by atoms with Gasteiger partial charge in [-0.2, -0.15) is 0 Å². The first-order valence-electron chi connectivity index (χ1n) is 7.07. The summed E-state index contributed by atoms with van der Waals surface area (Å²) in [6.45, 7) is 2.26. The Kier molecular flexibility index (Phi) is 5.37. The fourth-order valence-electron chi connectivity index (χ4n) is 3.17. The Hall–Kier alpha value is -0.450. The summed E-state index contributed by atoms with van der Waals surface area (Å²) >= 11 is 3.34. The molecule has 4 heteroatoms. The maximum absolute atomic E-state index is 13.6. The van der Waals surface area contributed by atoms with Crippen LogP contribution in [-0.4, -0.2) is 0 Å². The van der Waals surface area contributed by atoms with Crippen LogP contribution in [0.5, 0.6) is 0 Å². The van der Waals surface area contributed by atoms with Crippen molar-refractivity contribution in [1.82, 2.24) is 5.43 Å². The molecule has 0 aliphatic heterocycles. The van der Waals surface area contributed by atoms with E-state index in [1.165, 1.54) is 25.3 Å². The smallest absolute Gasteiger partial charge is 0.137 e. The second-order valence-corrected chi connectivity index (χ2v) is 6.27. The van der Waals surface area contributed by atoms with Crippen LogP contribution in [-0.2, 0) is 0 Å². The fraction of sp³-hybridized carbons (Fsp3) is 0.600. The summed E-state index contributed by atoms with van der Waals surface area (Å²) in [6, 6.07) is 5.19. The average molecular weight is 329 g/mol. The Morgan fingerprint density at radius 3 is 2.63 bits per heavy atom. The first-order chi connectivity index (χ1) is 9.17. The van der Waals surface area contributed by atoms with Crippen molar-refractivity contribution in [3.05, 3.63) is 34.1 Å². The number of hydrogen-bond donors (Lipinski definition) is 2. The zero-order valence-corrected chi connectivity index (χ0v) is 12.9. The van der Waals surface area contributed by atoms with Crippen LogP contribution in [0.4, 0.5) is 4.39 Å². The van der Waals surface area contributed by atoms with E-state index in [1.54, 1.807) is 6.07 Å². The number of nitrogens with two attached hydrogens (primary N) is 1. The van der Waals surface area contributed by atoms with Crippen LogP contribution in [0.25, 0.3) is 0 Å². The Labute approximate surface area is 123 Å². The van der Waals surface area contributed by atoms with E-state index >= 15 is 0 Å². The molecular formula is C15H22BrFN2. The molecule has 1 atom stereocenters. The molecule has 0 spiro atoms. The van der Waals surface area contributed by atoms with E-state index in [0.29, 0.717) is 10.4 Å². The quantitative estimate of drug-likeness (QED) is 0.638. The molecule has 0 aromatic heterocycles. The highest BCUT2D eigenvalue weighted by atomic mass is 79.9. The van der Waals surface area contributed by atoms with Gasteiger partial charge in [0.25, 0.3) is 0 Å². The van der Waals surface area contributed by atoms with Gasteiger partial charge in [0.2, 0.25) is 0 Å². The number of halogens is 2. The lowest BCUT2D eigenvalue weighted by Gasteiger charge is -2.34. The van der Waals surface area contributed by atoms with Gasteiger partial charge < -0.3 is 0 Å². The maximum Gasteiger partial charge on any atom is 0.137 e. The van der Waals surface area contributed by atoms with E-state index < -0.39 is 0 Å². The van der Waals surface area contributed by atoms with Gasteiger partial charge in [-0.25, -0.2) is 4.39 Å². The fourth-order valence-corrected chi connectivity index (χ4v) is 3.68. The number of rotatable bonds is 4. The summed E-state index contributed by atoms with van der Waals surface area (Å²) in [5.74, 6) is 6.85. The predicted octanol–water partition coefficient (Wildman–Crippen LogP) is 4.31. The van der Waals surface area contributed by atoms with Crippen molar-refractivity contribution in [2.45, 2.75) is 45.1 Å². The Morgan fingerprint density at radius 1 is 1.37 bits per heavy atom. The predicted molar refractivity (Wildman–Crippen MR) is 79.9 cm³/mol. The largest absolute Gasteiger partial charge is 0.271 e. The summed E-state index contributed by atoms with van der Waals surface area (Å²) < 4.78 is 14.2. The first-order valence-corrected chi connectivity index (χ1v) is 7.86. The number of nitrogens with one attached hydrogen (secondary N) is 1. The van der Waals surface area contributed by atoms with Crippen LogP contribution >= 0.6 is 15.9 Å². The van der Waals surface area contributed by atoms with Crippen molar-refractivity contribution < 1.29 is 4.39 Å². The molecule has 0 amide bonds. The van der Waals surface area contributed by atoms with E-state index in [-0.39, 0.29) is 11.9 Å². The van der Waals surface area contributed by atoms with Crippen LogP contribution in [0, 0.1) is 17.7 Å². The number of hydrogen-bond acceptors (Lipinski definition) is 2. The van der Waals surface area contributed by atoms with E-state index in [1.807, 2.05) is 6.07 Å². The third kappa shape index (κ3) is 3.36. The summed E-state index contributed by atoms with van der Waals surface area (Å²) in [6.07, 6.45) is 6.10. The third-order valence-electron chi connectivity index (χ3n) is 4.44. The molecule has 1 saturated carbocycles. The standard InChI is InChI=1S/C15H22BrFN2/c1-2-10-6-8-11(9-7-10)15(19-18)12-4-3-5-13(17)14(12)16/h3-5,10-11,15,19H,2,6-9,18H2,1H3. The van der Waals surface area contributed by atoms with Crippen LogP contribution in [0.1, 0.15) is 50.6 Å². The molecule has 3 N–H and O–H groups in total. The molecule has 0 radical (unpaired) electrons. The van der Waals surface area contributed by atoms with Gasteiger partial charge in [-0.1, -0.05) is 38.3 Å². The first kappa shape index (κ1) is 14.9. The second kappa shape index (κ2) is 6.82. The molecular weight excluding hydrogens is 307 g/mol. The Morgan fingerprint density at radius 2 is 2.05 bits per heavy atom. The van der Waals surface area contributed by atoms with E-state index in [2.05, 4.69) is 28.3 Å². The lowest BCUT2D eigenvalue weighted by Crippen LogP contribution is -2.35. The SMILES string of the molecule is CCC1CCC(C(NN)c2cccc(F)c2Br)CC1. The van der Waals surface area contributed by atoms with Gasteiger partial charge in [-0.05, 0) is 52.2 Å².